The average Bonchev–Trinajstić information content (AvgIpc) is 2.58. The summed E-state index contributed by atoms with van der Waals surface area (Å²) in [5.74, 6) is 0.533. The number of nitrogens with one attached hydrogen (secondary N) is 1. The van der Waals surface area contributed by atoms with Gasteiger partial charge in [0.1, 0.15) is 0 Å². The summed E-state index contributed by atoms with van der Waals surface area (Å²) in [5, 5.41) is 3.96. The molecular weight excluding hydrogens is 470 g/mol. The van der Waals surface area contributed by atoms with E-state index in [1.54, 1.807) is 18.2 Å². The number of piperidine rings is 1. The van der Waals surface area contributed by atoms with Crippen molar-refractivity contribution in [1.29, 1.82) is 0 Å². The van der Waals surface area contributed by atoms with Crippen LogP contribution in [0.5, 0.6) is 0 Å². The number of anilines is 2. The van der Waals surface area contributed by atoms with Gasteiger partial charge in [0.05, 0.1) is 21.3 Å². The zero-order chi connectivity index (χ0) is 18.0. The van der Waals surface area contributed by atoms with Crippen molar-refractivity contribution in [2.45, 2.75) is 19.8 Å². The van der Waals surface area contributed by atoms with Crippen molar-refractivity contribution in [3.05, 3.63) is 55.6 Å². The second-order valence-electron chi connectivity index (χ2n) is 6.41. The molecule has 1 heterocycles. The first-order chi connectivity index (χ1) is 11.9. The largest absolute Gasteiger partial charge is 0.370 e. The van der Waals surface area contributed by atoms with Crippen LogP contribution in [-0.4, -0.2) is 19.0 Å². The van der Waals surface area contributed by atoms with Gasteiger partial charge in [-0.2, -0.15) is 0 Å². The molecule has 1 N–H and O–H groups in total. The standard InChI is InChI=1S/C19H19Cl2IN2O/c1-12-6-8-24(9-7-12)18-5-3-14(11-17(18)21)23-19(25)15-10-13(22)2-4-16(15)20/h2-5,10-12H,6-9H2,1H3,(H,23,25). The van der Waals surface area contributed by atoms with Crippen LogP contribution < -0.4 is 10.2 Å². The van der Waals surface area contributed by atoms with Crippen LogP contribution in [0.3, 0.4) is 0 Å². The fourth-order valence-electron chi connectivity index (χ4n) is 2.96. The monoisotopic (exact) mass is 488 g/mol. The Kier molecular flexibility index (Phi) is 6.12. The molecule has 1 aliphatic heterocycles. The minimum Gasteiger partial charge on any atom is -0.370 e. The molecule has 132 valence electrons. The summed E-state index contributed by atoms with van der Waals surface area (Å²) in [4.78, 5) is 14.8. The van der Waals surface area contributed by atoms with E-state index >= 15 is 0 Å². The molecule has 0 atom stereocenters. The maximum atomic E-state index is 12.5. The van der Waals surface area contributed by atoms with Crippen molar-refractivity contribution in [1.82, 2.24) is 0 Å². The van der Waals surface area contributed by atoms with Crippen LogP contribution in [0.2, 0.25) is 10.0 Å². The first-order valence-electron chi connectivity index (χ1n) is 8.25. The van der Waals surface area contributed by atoms with Crippen molar-refractivity contribution < 1.29 is 4.79 Å². The SMILES string of the molecule is CC1CCN(c2ccc(NC(=O)c3cc(I)ccc3Cl)cc2Cl)CC1. The summed E-state index contributed by atoms with van der Waals surface area (Å²) >= 11 is 14.8. The molecule has 3 nitrogen and oxygen atoms in total. The van der Waals surface area contributed by atoms with E-state index in [0.29, 0.717) is 21.3 Å². The summed E-state index contributed by atoms with van der Waals surface area (Å²) in [5.41, 5.74) is 2.15. The summed E-state index contributed by atoms with van der Waals surface area (Å²) in [7, 11) is 0. The Hall–Kier alpha value is -0.980. The highest BCUT2D eigenvalue weighted by molar-refractivity contribution is 14.1. The van der Waals surface area contributed by atoms with Gasteiger partial charge in [0.15, 0.2) is 0 Å². The molecule has 1 aliphatic rings. The van der Waals surface area contributed by atoms with Crippen molar-refractivity contribution in [2.24, 2.45) is 5.92 Å². The van der Waals surface area contributed by atoms with E-state index in [0.717, 1.165) is 28.3 Å². The van der Waals surface area contributed by atoms with E-state index < -0.39 is 0 Å². The number of nitrogens with zero attached hydrogens (tertiary/aromatic N) is 1. The van der Waals surface area contributed by atoms with Crippen LogP contribution in [0.4, 0.5) is 11.4 Å². The molecule has 0 aliphatic carbocycles. The molecule has 0 unspecified atom stereocenters. The maximum absolute atomic E-state index is 12.5. The molecule has 1 saturated heterocycles. The third-order valence-electron chi connectivity index (χ3n) is 4.50. The van der Waals surface area contributed by atoms with Crippen molar-refractivity contribution in [2.75, 3.05) is 23.3 Å². The lowest BCUT2D eigenvalue weighted by atomic mass is 9.99. The van der Waals surface area contributed by atoms with Gasteiger partial charge in [-0.3, -0.25) is 4.79 Å². The van der Waals surface area contributed by atoms with Crippen LogP contribution in [0.25, 0.3) is 0 Å². The molecule has 25 heavy (non-hydrogen) atoms. The van der Waals surface area contributed by atoms with Gasteiger partial charge < -0.3 is 10.2 Å². The maximum Gasteiger partial charge on any atom is 0.257 e. The van der Waals surface area contributed by atoms with Gasteiger partial charge in [-0.05, 0) is 77.7 Å². The van der Waals surface area contributed by atoms with Crippen LogP contribution in [0, 0.1) is 9.49 Å². The number of halogens is 3. The minimum absolute atomic E-state index is 0.237. The third kappa shape index (κ3) is 4.60. The Labute approximate surface area is 171 Å². The number of carbonyl (C=O) groups excluding carboxylic acids is 1. The topological polar surface area (TPSA) is 32.3 Å². The van der Waals surface area contributed by atoms with E-state index in [1.807, 2.05) is 18.2 Å². The molecule has 0 aromatic heterocycles. The fourth-order valence-corrected chi connectivity index (χ4v) is 3.96. The van der Waals surface area contributed by atoms with Gasteiger partial charge in [0.2, 0.25) is 0 Å². The Morgan fingerprint density at radius 2 is 1.84 bits per heavy atom. The van der Waals surface area contributed by atoms with Crippen LogP contribution in [0.1, 0.15) is 30.1 Å². The average molecular weight is 489 g/mol. The van der Waals surface area contributed by atoms with Gasteiger partial charge in [0.25, 0.3) is 5.91 Å². The van der Waals surface area contributed by atoms with Crippen molar-refractivity contribution in [3.8, 4) is 0 Å². The Balaban J connectivity index is 1.74. The summed E-state index contributed by atoms with van der Waals surface area (Å²) < 4.78 is 0.958. The smallest absolute Gasteiger partial charge is 0.257 e. The number of hydrogen-bond donors (Lipinski definition) is 1. The van der Waals surface area contributed by atoms with Gasteiger partial charge in [-0.1, -0.05) is 30.1 Å². The van der Waals surface area contributed by atoms with E-state index in [1.165, 1.54) is 12.8 Å². The lowest BCUT2D eigenvalue weighted by Crippen LogP contribution is -2.32. The lowest BCUT2D eigenvalue weighted by molar-refractivity contribution is 0.102. The molecular formula is C19H19Cl2IN2O. The normalized spacial score (nSPS) is 15.3. The van der Waals surface area contributed by atoms with Crippen LogP contribution in [0.15, 0.2) is 36.4 Å². The third-order valence-corrected chi connectivity index (χ3v) is 5.81. The van der Waals surface area contributed by atoms with Gasteiger partial charge in [-0.15, -0.1) is 0 Å². The summed E-state index contributed by atoms with van der Waals surface area (Å²) in [6.07, 6.45) is 2.36. The highest BCUT2D eigenvalue weighted by atomic mass is 127. The Morgan fingerprint density at radius 1 is 1.12 bits per heavy atom. The number of carbonyl (C=O) groups is 1. The first-order valence-corrected chi connectivity index (χ1v) is 10.1. The van der Waals surface area contributed by atoms with E-state index in [4.69, 9.17) is 23.2 Å². The number of amides is 1. The van der Waals surface area contributed by atoms with E-state index in [-0.39, 0.29) is 5.91 Å². The molecule has 0 saturated carbocycles. The molecule has 0 bridgehead atoms. The highest BCUT2D eigenvalue weighted by Gasteiger charge is 2.18. The van der Waals surface area contributed by atoms with Crippen LogP contribution >= 0.6 is 45.8 Å². The Bertz CT molecular complexity index is 789. The molecule has 2 aromatic carbocycles. The van der Waals surface area contributed by atoms with Gasteiger partial charge >= 0.3 is 0 Å². The summed E-state index contributed by atoms with van der Waals surface area (Å²) in [6, 6.07) is 11.0. The molecule has 1 amide bonds. The molecule has 0 spiro atoms. The van der Waals surface area contributed by atoms with E-state index in [2.05, 4.69) is 39.7 Å². The second-order valence-corrected chi connectivity index (χ2v) is 8.47. The summed E-state index contributed by atoms with van der Waals surface area (Å²) in [6.45, 7) is 4.32. The zero-order valence-electron chi connectivity index (χ0n) is 13.9. The predicted octanol–water partition coefficient (Wildman–Crippen LogP) is 6.09. The number of hydrogen-bond acceptors (Lipinski definition) is 2. The van der Waals surface area contributed by atoms with Crippen molar-refractivity contribution >= 4 is 63.1 Å². The highest BCUT2D eigenvalue weighted by Crippen LogP contribution is 2.32. The lowest BCUT2D eigenvalue weighted by Gasteiger charge is -2.32. The Morgan fingerprint density at radius 3 is 2.52 bits per heavy atom. The molecule has 2 aromatic rings. The number of rotatable bonds is 3. The van der Waals surface area contributed by atoms with Gasteiger partial charge in [-0.25, -0.2) is 0 Å². The molecule has 3 rings (SSSR count). The van der Waals surface area contributed by atoms with E-state index in [9.17, 15) is 4.79 Å². The molecule has 1 fully saturated rings. The zero-order valence-corrected chi connectivity index (χ0v) is 17.5. The van der Waals surface area contributed by atoms with Crippen molar-refractivity contribution in [3.63, 3.8) is 0 Å². The molecule has 0 radical (unpaired) electrons. The number of benzene rings is 2. The molecule has 6 heteroatoms. The quantitative estimate of drug-likeness (QED) is 0.530. The van der Waals surface area contributed by atoms with Crippen LogP contribution in [-0.2, 0) is 0 Å². The minimum atomic E-state index is -0.237. The first kappa shape index (κ1) is 18.8. The second kappa shape index (κ2) is 8.14. The predicted molar refractivity (Wildman–Crippen MR) is 114 cm³/mol. The fraction of sp³-hybridized carbons (Fsp3) is 0.316. The van der Waals surface area contributed by atoms with Gasteiger partial charge in [0, 0.05) is 22.3 Å².